The van der Waals surface area contributed by atoms with Crippen molar-refractivity contribution in [2.75, 3.05) is 10.8 Å². The number of halogens is 2. The minimum absolute atomic E-state index is 0.0106. The fourth-order valence-corrected chi connectivity index (χ4v) is 6.62. The normalized spacial score (nSPS) is 12.1. The summed E-state index contributed by atoms with van der Waals surface area (Å²) in [6.07, 6.45) is 0.211. The molecule has 10 heteroatoms. The second-order valence-corrected chi connectivity index (χ2v) is 13.9. The Balaban J connectivity index is 1.83. The first-order valence-corrected chi connectivity index (χ1v) is 16.8. The van der Waals surface area contributed by atoms with Crippen LogP contribution in [-0.4, -0.2) is 43.8 Å². The van der Waals surface area contributed by atoms with Crippen molar-refractivity contribution in [3.05, 3.63) is 129 Å². The van der Waals surface area contributed by atoms with E-state index in [2.05, 4.69) is 5.32 Å². The van der Waals surface area contributed by atoms with Gasteiger partial charge in [0.15, 0.2) is 0 Å². The van der Waals surface area contributed by atoms with E-state index < -0.39 is 28.5 Å². The third kappa shape index (κ3) is 8.66. The van der Waals surface area contributed by atoms with E-state index in [1.54, 1.807) is 36.4 Å². The molecule has 0 aliphatic heterocycles. The lowest BCUT2D eigenvalue weighted by atomic mass is 10.0. The maximum Gasteiger partial charge on any atom is 0.264 e. The zero-order valence-electron chi connectivity index (χ0n) is 25.7. The molecular weight excluding hydrogens is 629 g/mol. The van der Waals surface area contributed by atoms with Crippen molar-refractivity contribution in [3.8, 4) is 0 Å². The van der Waals surface area contributed by atoms with Gasteiger partial charge in [-0.15, -0.1) is 0 Å². The van der Waals surface area contributed by atoms with E-state index in [0.29, 0.717) is 21.3 Å². The lowest BCUT2D eigenvalue weighted by Gasteiger charge is -2.34. The minimum atomic E-state index is -4.23. The SMILES string of the molecule is Cc1ccc(N(CC(=O)N(Cc2ccccc2Cl)[C@H](Cc2ccccc2)C(=O)NC(C)C)S(=O)(=O)c2ccc(Cl)cc2)cc1C. The number of carbonyl (C=O) groups excluding carboxylic acids is 2. The van der Waals surface area contributed by atoms with Crippen molar-refractivity contribution in [2.45, 2.75) is 57.6 Å². The summed E-state index contributed by atoms with van der Waals surface area (Å²) in [4.78, 5) is 29.7. The molecule has 0 unspecified atom stereocenters. The Labute approximate surface area is 275 Å². The van der Waals surface area contributed by atoms with E-state index in [1.807, 2.05) is 64.1 Å². The first-order chi connectivity index (χ1) is 21.4. The molecular formula is C35H37Cl2N3O4S. The number of anilines is 1. The van der Waals surface area contributed by atoms with E-state index in [4.69, 9.17) is 23.2 Å². The summed E-state index contributed by atoms with van der Waals surface area (Å²) in [7, 11) is -4.23. The highest BCUT2D eigenvalue weighted by atomic mass is 35.5. The molecule has 7 nitrogen and oxygen atoms in total. The number of nitrogens with one attached hydrogen (secondary N) is 1. The van der Waals surface area contributed by atoms with E-state index in [-0.39, 0.29) is 29.8 Å². The number of sulfonamides is 1. The lowest BCUT2D eigenvalue weighted by Crippen LogP contribution is -2.54. The fraction of sp³-hybridized carbons (Fsp3) is 0.257. The number of benzene rings is 4. The molecule has 45 heavy (non-hydrogen) atoms. The van der Waals surface area contributed by atoms with Gasteiger partial charge < -0.3 is 10.2 Å². The summed E-state index contributed by atoms with van der Waals surface area (Å²) in [6.45, 7) is 6.93. The van der Waals surface area contributed by atoms with Crippen molar-refractivity contribution in [2.24, 2.45) is 0 Å². The minimum Gasteiger partial charge on any atom is -0.352 e. The number of hydrogen-bond donors (Lipinski definition) is 1. The molecule has 236 valence electrons. The Morgan fingerprint density at radius 3 is 2.09 bits per heavy atom. The van der Waals surface area contributed by atoms with Crippen LogP contribution < -0.4 is 9.62 Å². The van der Waals surface area contributed by atoms with Crippen LogP contribution in [0.25, 0.3) is 0 Å². The molecule has 2 amide bonds. The molecule has 0 aliphatic rings. The Kier molecular flexibility index (Phi) is 11.3. The molecule has 0 saturated heterocycles. The highest BCUT2D eigenvalue weighted by Crippen LogP contribution is 2.28. The molecule has 0 aliphatic carbocycles. The molecule has 0 aromatic heterocycles. The molecule has 0 bridgehead atoms. The van der Waals surface area contributed by atoms with Crippen LogP contribution in [0, 0.1) is 13.8 Å². The van der Waals surface area contributed by atoms with Crippen molar-refractivity contribution >= 4 is 50.7 Å². The summed E-state index contributed by atoms with van der Waals surface area (Å²) in [5.41, 5.74) is 3.63. The van der Waals surface area contributed by atoms with Crippen LogP contribution in [0.3, 0.4) is 0 Å². The van der Waals surface area contributed by atoms with Gasteiger partial charge in [-0.2, -0.15) is 0 Å². The monoisotopic (exact) mass is 665 g/mol. The van der Waals surface area contributed by atoms with Gasteiger partial charge in [-0.25, -0.2) is 8.42 Å². The van der Waals surface area contributed by atoms with Gasteiger partial charge in [-0.05, 0) is 92.4 Å². The number of hydrogen-bond acceptors (Lipinski definition) is 4. The molecule has 0 fully saturated rings. The summed E-state index contributed by atoms with van der Waals surface area (Å²) in [5, 5.41) is 3.76. The Hall–Kier alpha value is -3.85. The van der Waals surface area contributed by atoms with E-state index >= 15 is 0 Å². The zero-order chi connectivity index (χ0) is 32.7. The molecule has 1 N–H and O–H groups in total. The number of aryl methyl sites for hydroxylation is 2. The predicted molar refractivity (Wildman–Crippen MR) is 181 cm³/mol. The van der Waals surface area contributed by atoms with E-state index in [0.717, 1.165) is 21.0 Å². The zero-order valence-corrected chi connectivity index (χ0v) is 28.0. The predicted octanol–water partition coefficient (Wildman–Crippen LogP) is 6.97. The topological polar surface area (TPSA) is 86.8 Å². The molecule has 1 atom stereocenters. The van der Waals surface area contributed by atoms with Crippen LogP contribution in [-0.2, 0) is 32.6 Å². The van der Waals surface area contributed by atoms with Gasteiger partial charge >= 0.3 is 0 Å². The highest BCUT2D eigenvalue weighted by Gasteiger charge is 2.35. The Morgan fingerprint density at radius 2 is 1.47 bits per heavy atom. The number of carbonyl (C=O) groups is 2. The van der Waals surface area contributed by atoms with Crippen LogP contribution in [0.1, 0.15) is 36.1 Å². The van der Waals surface area contributed by atoms with Crippen LogP contribution in [0.2, 0.25) is 10.0 Å². The largest absolute Gasteiger partial charge is 0.352 e. The molecule has 0 heterocycles. The molecule has 0 spiro atoms. The quantitative estimate of drug-likeness (QED) is 0.177. The summed E-state index contributed by atoms with van der Waals surface area (Å²) in [6, 6.07) is 26.4. The number of nitrogens with zero attached hydrogens (tertiary/aromatic N) is 2. The average molecular weight is 667 g/mol. The van der Waals surface area contributed by atoms with Gasteiger partial charge in [-0.3, -0.25) is 13.9 Å². The van der Waals surface area contributed by atoms with Gasteiger partial charge in [0.05, 0.1) is 10.6 Å². The molecule has 4 aromatic rings. The Morgan fingerprint density at radius 1 is 0.822 bits per heavy atom. The molecule has 4 rings (SSSR count). The third-order valence-electron chi connectivity index (χ3n) is 7.46. The first kappa shape index (κ1) is 34.0. The Bertz CT molecular complexity index is 1750. The average Bonchev–Trinajstić information content (AvgIpc) is 3.00. The highest BCUT2D eigenvalue weighted by molar-refractivity contribution is 7.92. The van der Waals surface area contributed by atoms with Crippen LogP contribution in [0.4, 0.5) is 5.69 Å². The maximum absolute atomic E-state index is 14.5. The fourth-order valence-electron chi connectivity index (χ4n) is 4.89. The summed E-state index contributed by atoms with van der Waals surface area (Å²) >= 11 is 12.6. The van der Waals surface area contributed by atoms with Crippen molar-refractivity contribution in [1.29, 1.82) is 0 Å². The second-order valence-electron chi connectivity index (χ2n) is 11.2. The molecule has 0 saturated carbocycles. The second kappa shape index (κ2) is 15.0. The van der Waals surface area contributed by atoms with Crippen molar-refractivity contribution in [3.63, 3.8) is 0 Å². The van der Waals surface area contributed by atoms with Gasteiger partial charge in [0.25, 0.3) is 10.0 Å². The van der Waals surface area contributed by atoms with Gasteiger partial charge in [0.1, 0.15) is 12.6 Å². The van der Waals surface area contributed by atoms with Crippen molar-refractivity contribution in [1.82, 2.24) is 10.2 Å². The number of rotatable bonds is 12. The van der Waals surface area contributed by atoms with Gasteiger partial charge in [-0.1, -0.05) is 77.8 Å². The van der Waals surface area contributed by atoms with Crippen molar-refractivity contribution < 1.29 is 18.0 Å². The number of amides is 2. The third-order valence-corrected chi connectivity index (χ3v) is 9.87. The van der Waals surface area contributed by atoms with Gasteiger partial charge in [0.2, 0.25) is 11.8 Å². The summed E-state index contributed by atoms with van der Waals surface area (Å²) < 4.78 is 29.4. The van der Waals surface area contributed by atoms with E-state index in [1.165, 1.54) is 29.2 Å². The molecule has 0 radical (unpaired) electrons. The summed E-state index contributed by atoms with van der Waals surface area (Å²) in [5.74, 6) is -0.918. The lowest BCUT2D eigenvalue weighted by molar-refractivity contribution is -0.140. The maximum atomic E-state index is 14.5. The smallest absolute Gasteiger partial charge is 0.264 e. The first-order valence-electron chi connectivity index (χ1n) is 14.6. The van der Waals surface area contributed by atoms with Crippen LogP contribution >= 0.6 is 23.2 Å². The van der Waals surface area contributed by atoms with Gasteiger partial charge in [0, 0.05) is 29.1 Å². The standard InChI is InChI=1S/C35H37Cl2N3O4S/c1-24(2)38-35(42)33(21-27-10-6-5-7-11-27)39(22-28-12-8-9-13-32(28)37)34(41)23-40(30-17-14-25(3)26(4)20-30)45(43,44)31-18-15-29(36)16-19-31/h5-20,24,33H,21-23H2,1-4H3,(H,38,42)/t33-/m1/s1. The van der Waals surface area contributed by atoms with Crippen LogP contribution in [0.5, 0.6) is 0 Å². The molecule has 4 aromatic carbocycles. The van der Waals surface area contributed by atoms with Crippen LogP contribution in [0.15, 0.2) is 102 Å². The van der Waals surface area contributed by atoms with E-state index in [9.17, 15) is 18.0 Å².